The van der Waals surface area contributed by atoms with E-state index < -0.39 is 6.36 Å². The van der Waals surface area contributed by atoms with E-state index in [4.69, 9.17) is 4.99 Å². The lowest BCUT2D eigenvalue weighted by molar-refractivity contribution is -0.274. The molecule has 35 heavy (non-hydrogen) atoms. The highest BCUT2D eigenvalue weighted by atomic mass is 32.2. The molecule has 184 valence electrons. The topological polar surface area (TPSA) is 33.6 Å². The molecule has 0 bridgehead atoms. The third kappa shape index (κ3) is 8.15. The minimum Gasteiger partial charge on any atom is -0.406 e. The molecule has 3 nitrogen and oxygen atoms in total. The Kier molecular flexibility index (Phi) is 8.88. The lowest BCUT2D eigenvalue weighted by atomic mass is 9.87. The lowest BCUT2D eigenvalue weighted by Crippen LogP contribution is -2.26. The Morgan fingerprint density at radius 1 is 0.914 bits per heavy atom. The lowest BCUT2D eigenvalue weighted by Gasteiger charge is -2.18. The summed E-state index contributed by atoms with van der Waals surface area (Å²) in [7, 11) is 0. The van der Waals surface area contributed by atoms with Crippen molar-refractivity contribution in [3.8, 4) is 5.75 Å². The van der Waals surface area contributed by atoms with Crippen LogP contribution in [0.15, 0.2) is 89.9 Å². The summed E-state index contributed by atoms with van der Waals surface area (Å²) in [6.45, 7) is 0.437. The maximum absolute atomic E-state index is 12.4. The molecule has 0 radical (unpaired) electrons. The predicted octanol–water partition coefficient (Wildman–Crippen LogP) is 7.54. The van der Waals surface area contributed by atoms with Gasteiger partial charge in [0.25, 0.3) is 0 Å². The molecule has 3 aromatic rings. The van der Waals surface area contributed by atoms with E-state index in [-0.39, 0.29) is 11.9 Å². The molecule has 0 spiro atoms. The Hall–Kier alpha value is -2.77. The zero-order valence-corrected chi connectivity index (χ0v) is 20.2. The summed E-state index contributed by atoms with van der Waals surface area (Å²) in [5.41, 5.74) is 3.42. The first-order chi connectivity index (χ1) is 17.0. The third-order valence-electron chi connectivity index (χ3n) is 5.92. The molecular formula is C28H29F3N2OS. The number of alkyl halides is 3. The number of rotatable bonds is 11. The number of ether oxygens (including phenoxy) is 1. The number of aliphatic imine (C=N–C) groups is 1. The average Bonchev–Trinajstić information content (AvgIpc) is 3.31. The minimum absolute atomic E-state index is 0.0245. The summed E-state index contributed by atoms with van der Waals surface area (Å²) >= 11 is 1.76. The van der Waals surface area contributed by atoms with Crippen LogP contribution in [0.1, 0.15) is 48.3 Å². The molecule has 0 saturated heterocycles. The first kappa shape index (κ1) is 25.3. The molecule has 0 aliphatic carbocycles. The number of halogens is 3. The molecule has 0 fully saturated rings. The standard InChI is InChI=1S/C28H29F3N2OS/c29-28(30,31)34-24-15-9-10-21(18-24)19-32-26-20-35-27(33-26)17-8-7-16-25(22-11-3-1-4-12-22)23-13-5-2-6-14-23/h1-6,9-15,18,25-26,32H,7-8,16-17,19-20H2. The van der Waals surface area contributed by atoms with Crippen molar-refractivity contribution in [3.63, 3.8) is 0 Å². The molecule has 1 aliphatic heterocycles. The van der Waals surface area contributed by atoms with Gasteiger partial charge in [-0.3, -0.25) is 10.3 Å². The molecule has 1 N–H and O–H groups in total. The van der Waals surface area contributed by atoms with Crippen molar-refractivity contribution in [2.45, 2.75) is 50.7 Å². The van der Waals surface area contributed by atoms with Gasteiger partial charge in [-0.25, -0.2) is 0 Å². The minimum atomic E-state index is -4.68. The van der Waals surface area contributed by atoms with E-state index in [1.54, 1.807) is 23.9 Å². The fourth-order valence-electron chi connectivity index (χ4n) is 4.27. The maximum Gasteiger partial charge on any atom is 0.573 e. The molecule has 1 aliphatic rings. The molecule has 1 heterocycles. The van der Waals surface area contributed by atoms with Crippen LogP contribution < -0.4 is 10.1 Å². The highest BCUT2D eigenvalue weighted by molar-refractivity contribution is 8.14. The van der Waals surface area contributed by atoms with Gasteiger partial charge in [-0.1, -0.05) is 79.2 Å². The van der Waals surface area contributed by atoms with Crippen LogP contribution in [-0.2, 0) is 6.54 Å². The highest BCUT2D eigenvalue weighted by Gasteiger charge is 2.31. The van der Waals surface area contributed by atoms with Crippen LogP contribution in [0.5, 0.6) is 5.75 Å². The van der Waals surface area contributed by atoms with Gasteiger partial charge in [0, 0.05) is 18.2 Å². The summed E-state index contributed by atoms with van der Waals surface area (Å²) in [6, 6.07) is 27.4. The van der Waals surface area contributed by atoms with E-state index in [1.165, 1.54) is 23.3 Å². The Morgan fingerprint density at radius 2 is 1.60 bits per heavy atom. The summed E-state index contributed by atoms with van der Waals surface area (Å²) in [5, 5.41) is 4.47. The Labute approximate surface area is 208 Å². The third-order valence-corrected chi connectivity index (χ3v) is 7.04. The Bertz CT molecular complexity index is 1050. The summed E-state index contributed by atoms with van der Waals surface area (Å²) in [5.74, 6) is 1.03. The predicted molar refractivity (Wildman–Crippen MR) is 137 cm³/mol. The molecular weight excluding hydrogens is 469 g/mol. The SMILES string of the molecule is FC(F)(F)Oc1cccc(CNC2CSC(CCCCC(c3ccccc3)c3ccccc3)=N2)c1. The van der Waals surface area contributed by atoms with Crippen LogP contribution in [-0.4, -0.2) is 23.3 Å². The number of hydrogen-bond acceptors (Lipinski definition) is 4. The highest BCUT2D eigenvalue weighted by Crippen LogP contribution is 2.31. The number of nitrogens with zero attached hydrogens (tertiary/aromatic N) is 1. The second kappa shape index (κ2) is 12.3. The van der Waals surface area contributed by atoms with E-state index in [9.17, 15) is 13.2 Å². The van der Waals surface area contributed by atoms with Gasteiger partial charge in [-0.15, -0.1) is 24.9 Å². The average molecular weight is 499 g/mol. The number of benzene rings is 3. The van der Waals surface area contributed by atoms with Crippen LogP contribution in [0.3, 0.4) is 0 Å². The fourth-order valence-corrected chi connectivity index (χ4v) is 5.31. The van der Waals surface area contributed by atoms with Crippen LogP contribution in [0.2, 0.25) is 0 Å². The van der Waals surface area contributed by atoms with Crippen LogP contribution >= 0.6 is 11.8 Å². The Morgan fingerprint density at radius 3 is 2.26 bits per heavy atom. The second-order valence-corrected chi connectivity index (χ2v) is 9.64. The van der Waals surface area contributed by atoms with Gasteiger partial charge in [0.05, 0.1) is 5.04 Å². The maximum atomic E-state index is 12.4. The normalized spacial score (nSPS) is 15.9. The largest absolute Gasteiger partial charge is 0.573 e. The van der Waals surface area contributed by atoms with E-state index >= 15 is 0 Å². The molecule has 4 rings (SSSR count). The van der Waals surface area contributed by atoms with Gasteiger partial charge in [-0.05, 0) is 48.1 Å². The molecule has 0 saturated carbocycles. The van der Waals surface area contributed by atoms with Crippen LogP contribution in [0.4, 0.5) is 13.2 Å². The molecule has 1 atom stereocenters. The van der Waals surface area contributed by atoms with Gasteiger partial charge >= 0.3 is 6.36 Å². The van der Waals surface area contributed by atoms with Gasteiger partial charge in [0.1, 0.15) is 11.9 Å². The van der Waals surface area contributed by atoms with Crippen LogP contribution in [0.25, 0.3) is 0 Å². The zero-order chi connectivity index (χ0) is 24.5. The summed E-state index contributed by atoms with van der Waals surface area (Å²) < 4.78 is 41.3. The summed E-state index contributed by atoms with van der Waals surface area (Å²) in [4.78, 5) is 4.78. The van der Waals surface area contributed by atoms with Crippen molar-refractivity contribution < 1.29 is 17.9 Å². The fraction of sp³-hybridized carbons (Fsp3) is 0.321. The first-order valence-corrected chi connectivity index (χ1v) is 12.8. The molecule has 7 heteroatoms. The van der Waals surface area contributed by atoms with Crippen molar-refractivity contribution in [1.29, 1.82) is 0 Å². The zero-order valence-electron chi connectivity index (χ0n) is 19.4. The number of thioether (sulfide) groups is 1. The Balaban J connectivity index is 1.24. The van der Waals surface area contributed by atoms with E-state index in [0.29, 0.717) is 12.5 Å². The molecule has 0 amide bonds. The van der Waals surface area contributed by atoms with Crippen molar-refractivity contribution >= 4 is 16.8 Å². The van der Waals surface area contributed by atoms with Gasteiger partial charge in [0.15, 0.2) is 0 Å². The molecule has 0 aromatic heterocycles. The van der Waals surface area contributed by atoms with E-state index in [0.717, 1.165) is 42.0 Å². The van der Waals surface area contributed by atoms with E-state index in [1.807, 2.05) is 0 Å². The van der Waals surface area contributed by atoms with Crippen LogP contribution in [0, 0.1) is 0 Å². The van der Waals surface area contributed by atoms with Gasteiger partial charge in [0.2, 0.25) is 0 Å². The number of unbranched alkanes of at least 4 members (excludes halogenated alkanes) is 1. The number of hydrogen-bond donors (Lipinski definition) is 1. The van der Waals surface area contributed by atoms with Crippen molar-refractivity contribution in [3.05, 3.63) is 102 Å². The summed E-state index contributed by atoms with van der Waals surface area (Å²) in [6.07, 6.45) is -0.486. The van der Waals surface area contributed by atoms with E-state index in [2.05, 4.69) is 70.7 Å². The smallest absolute Gasteiger partial charge is 0.406 e. The monoisotopic (exact) mass is 498 g/mol. The van der Waals surface area contributed by atoms with Gasteiger partial charge in [-0.2, -0.15) is 0 Å². The van der Waals surface area contributed by atoms with Crippen molar-refractivity contribution in [2.75, 3.05) is 5.75 Å². The number of nitrogens with one attached hydrogen (secondary N) is 1. The first-order valence-electron chi connectivity index (χ1n) is 11.8. The second-order valence-electron chi connectivity index (χ2n) is 8.55. The van der Waals surface area contributed by atoms with Crippen molar-refractivity contribution in [2.24, 2.45) is 4.99 Å². The van der Waals surface area contributed by atoms with Crippen molar-refractivity contribution in [1.82, 2.24) is 5.32 Å². The quantitative estimate of drug-likeness (QED) is 0.277. The molecule has 3 aromatic carbocycles. The molecule has 1 unspecified atom stereocenters. The van der Waals surface area contributed by atoms with Gasteiger partial charge < -0.3 is 4.74 Å².